The average molecular weight is 201 g/mol. The Bertz CT molecular complexity index is 175. The minimum Gasteiger partial charge on any atom is -0.386 e. The van der Waals surface area contributed by atoms with E-state index in [9.17, 15) is 5.11 Å². The van der Waals surface area contributed by atoms with Gasteiger partial charge in [0.2, 0.25) is 0 Å². The second-order valence-corrected chi connectivity index (χ2v) is 4.24. The van der Waals surface area contributed by atoms with Gasteiger partial charge in [0.1, 0.15) is 5.60 Å². The third-order valence-corrected chi connectivity index (χ3v) is 3.40. The maximum Gasteiger partial charge on any atom is 0.106 e. The molecule has 1 fully saturated rings. The third kappa shape index (κ3) is 2.27. The van der Waals surface area contributed by atoms with Crippen LogP contribution in [0.2, 0.25) is 0 Å². The monoisotopic (exact) mass is 201 g/mol. The summed E-state index contributed by atoms with van der Waals surface area (Å²) in [7, 11) is 1.69. The van der Waals surface area contributed by atoms with Crippen LogP contribution in [0.15, 0.2) is 0 Å². The molecule has 1 aliphatic carbocycles. The molecule has 0 aliphatic heterocycles. The molecule has 0 heterocycles. The number of likely N-dealkylation sites (N-methyl/N-ethyl adjacent to an activating group) is 1. The van der Waals surface area contributed by atoms with Crippen molar-refractivity contribution in [3.05, 3.63) is 0 Å². The van der Waals surface area contributed by atoms with Crippen LogP contribution in [0, 0.1) is 0 Å². The zero-order chi connectivity index (χ0) is 10.6. The maximum atomic E-state index is 10.5. The third-order valence-electron chi connectivity index (χ3n) is 3.40. The van der Waals surface area contributed by atoms with Crippen molar-refractivity contribution in [2.75, 3.05) is 13.7 Å². The van der Waals surface area contributed by atoms with Crippen LogP contribution < -0.4 is 5.32 Å². The van der Waals surface area contributed by atoms with E-state index in [4.69, 9.17) is 4.74 Å². The molecule has 0 bridgehead atoms. The van der Waals surface area contributed by atoms with Crippen molar-refractivity contribution in [1.29, 1.82) is 0 Å². The molecular weight excluding hydrogens is 178 g/mol. The molecular formula is C11H23NO2. The number of methoxy groups -OCH3 is 1. The summed E-state index contributed by atoms with van der Waals surface area (Å²) in [5.74, 6) is 0. The smallest absolute Gasteiger partial charge is 0.106 e. The molecule has 3 unspecified atom stereocenters. The van der Waals surface area contributed by atoms with E-state index in [1.165, 1.54) is 6.42 Å². The van der Waals surface area contributed by atoms with Crippen LogP contribution in [0.4, 0.5) is 0 Å². The van der Waals surface area contributed by atoms with Gasteiger partial charge in [0.05, 0.1) is 6.10 Å². The molecule has 0 spiro atoms. The molecule has 84 valence electrons. The number of nitrogens with one attached hydrogen (secondary N) is 1. The summed E-state index contributed by atoms with van der Waals surface area (Å²) >= 11 is 0. The van der Waals surface area contributed by atoms with Gasteiger partial charge in [-0.1, -0.05) is 19.8 Å². The van der Waals surface area contributed by atoms with E-state index in [2.05, 4.69) is 12.2 Å². The number of rotatable bonds is 4. The lowest BCUT2D eigenvalue weighted by molar-refractivity contribution is -0.132. The maximum absolute atomic E-state index is 10.5. The van der Waals surface area contributed by atoms with E-state index in [1.54, 1.807) is 7.11 Å². The Morgan fingerprint density at radius 3 is 2.86 bits per heavy atom. The molecule has 0 amide bonds. The molecule has 14 heavy (non-hydrogen) atoms. The fraction of sp³-hybridized carbons (Fsp3) is 1.00. The molecule has 0 aromatic rings. The van der Waals surface area contributed by atoms with Gasteiger partial charge in [-0.25, -0.2) is 0 Å². The molecule has 2 N–H and O–H groups in total. The summed E-state index contributed by atoms with van der Waals surface area (Å²) in [4.78, 5) is 0. The first-order valence-electron chi connectivity index (χ1n) is 5.63. The van der Waals surface area contributed by atoms with Gasteiger partial charge in [-0.2, -0.15) is 0 Å². The second kappa shape index (κ2) is 5.10. The molecule has 1 aliphatic rings. The SMILES string of the molecule is CCNC(C)C1(O)CCCCC1OC. The number of hydrogen-bond acceptors (Lipinski definition) is 3. The van der Waals surface area contributed by atoms with Crippen molar-refractivity contribution < 1.29 is 9.84 Å². The van der Waals surface area contributed by atoms with E-state index in [-0.39, 0.29) is 12.1 Å². The zero-order valence-corrected chi connectivity index (χ0v) is 9.55. The average Bonchev–Trinajstić information content (AvgIpc) is 2.19. The van der Waals surface area contributed by atoms with Gasteiger partial charge in [-0.3, -0.25) is 0 Å². The first kappa shape index (κ1) is 12.0. The lowest BCUT2D eigenvalue weighted by Gasteiger charge is -2.43. The van der Waals surface area contributed by atoms with E-state index >= 15 is 0 Å². The molecule has 0 saturated heterocycles. The van der Waals surface area contributed by atoms with Crippen molar-refractivity contribution in [2.24, 2.45) is 0 Å². The van der Waals surface area contributed by atoms with Gasteiger partial charge in [0.25, 0.3) is 0 Å². The fourth-order valence-electron chi connectivity index (χ4n) is 2.45. The Kier molecular flexibility index (Phi) is 4.35. The lowest BCUT2D eigenvalue weighted by Crippen LogP contribution is -2.58. The largest absolute Gasteiger partial charge is 0.386 e. The van der Waals surface area contributed by atoms with Gasteiger partial charge in [0, 0.05) is 13.2 Å². The molecule has 0 aromatic heterocycles. The molecule has 3 nitrogen and oxygen atoms in total. The van der Waals surface area contributed by atoms with Crippen molar-refractivity contribution in [2.45, 2.75) is 57.3 Å². The topological polar surface area (TPSA) is 41.5 Å². The Morgan fingerprint density at radius 2 is 2.29 bits per heavy atom. The van der Waals surface area contributed by atoms with Crippen molar-refractivity contribution in [3.63, 3.8) is 0 Å². The molecule has 3 atom stereocenters. The predicted molar refractivity (Wildman–Crippen MR) is 57.4 cm³/mol. The molecule has 3 heteroatoms. The quantitative estimate of drug-likeness (QED) is 0.720. The number of ether oxygens (including phenoxy) is 1. The van der Waals surface area contributed by atoms with Crippen LogP contribution >= 0.6 is 0 Å². The highest BCUT2D eigenvalue weighted by Gasteiger charge is 2.43. The zero-order valence-electron chi connectivity index (χ0n) is 9.55. The Morgan fingerprint density at radius 1 is 1.57 bits per heavy atom. The summed E-state index contributed by atoms with van der Waals surface area (Å²) < 4.78 is 5.38. The standard InChI is InChI=1S/C11H23NO2/c1-4-12-9(2)11(13)8-6-5-7-10(11)14-3/h9-10,12-13H,4-8H2,1-3H3. The van der Waals surface area contributed by atoms with Crippen LogP contribution in [0.25, 0.3) is 0 Å². The van der Waals surface area contributed by atoms with Crippen LogP contribution in [0.3, 0.4) is 0 Å². The minimum absolute atomic E-state index is 0.00898. The molecule has 1 saturated carbocycles. The molecule has 1 rings (SSSR count). The first-order chi connectivity index (χ1) is 6.65. The second-order valence-electron chi connectivity index (χ2n) is 4.24. The Balaban J connectivity index is 2.66. The minimum atomic E-state index is -0.678. The van der Waals surface area contributed by atoms with Crippen LogP contribution in [0.1, 0.15) is 39.5 Å². The van der Waals surface area contributed by atoms with Crippen LogP contribution in [-0.4, -0.2) is 36.5 Å². The van der Waals surface area contributed by atoms with Crippen LogP contribution in [0.5, 0.6) is 0 Å². The van der Waals surface area contributed by atoms with Crippen molar-refractivity contribution >= 4 is 0 Å². The van der Waals surface area contributed by atoms with E-state index in [0.717, 1.165) is 25.8 Å². The number of hydrogen-bond donors (Lipinski definition) is 2. The van der Waals surface area contributed by atoms with E-state index < -0.39 is 5.60 Å². The summed E-state index contributed by atoms with van der Waals surface area (Å²) in [6.45, 7) is 4.99. The van der Waals surface area contributed by atoms with Crippen molar-refractivity contribution in [3.8, 4) is 0 Å². The summed E-state index contributed by atoms with van der Waals surface area (Å²) in [6, 6.07) is 0.109. The van der Waals surface area contributed by atoms with Gasteiger partial charge in [-0.05, 0) is 26.3 Å². The summed E-state index contributed by atoms with van der Waals surface area (Å²) in [5, 5.41) is 13.8. The lowest BCUT2D eigenvalue weighted by atomic mass is 9.77. The predicted octanol–water partition coefficient (Wildman–Crippen LogP) is 1.30. The van der Waals surface area contributed by atoms with Crippen LogP contribution in [-0.2, 0) is 4.74 Å². The Labute approximate surface area is 86.8 Å². The highest BCUT2D eigenvalue weighted by Crippen LogP contribution is 2.33. The normalized spacial score (nSPS) is 35.6. The van der Waals surface area contributed by atoms with Crippen molar-refractivity contribution in [1.82, 2.24) is 5.32 Å². The number of aliphatic hydroxyl groups is 1. The van der Waals surface area contributed by atoms with Gasteiger partial charge >= 0.3 is 0 Å². The summed E-state index contributed by atoms with van der Waals surface area (Å²) in [6.07, 6.45) is 4.08. The fourth-order valence-corrected chi connectivity index (χ4v) is 2.45. The van der Waals surface area contributed by atoms with Gasteiger partial charge < -0.3 is 15.2 Å². The first-order valence-corrected chi connectivity index (χ1v) is 5.63. The van der Waals surface area contributed by atoms with E-state index in [0.29, 0.717) is 0 Å². The van der Waals surface area contributed by atoms with E-state index in [1.807, 2.05) is 6.92 Å². The summed E-state index contributed by atoms with van der Waals surface area (Å²) in [5.41, 5.74) is -0.678. The van der Waals surface area contributed by atoms with Gasteiger partial charge in [-0.15, -0.1) is 0 Å². The van der Waals surface area contributed by atoms with Gasteiger partial charge in [0.15, 0.2) is 0 Å². The highest BCUT2D eigenvalue weighted by molar-refractivity contribution is 4.98. The highest BCUT2D eigenvalue weighted by atomic mass is 16.5. The molecule has 0 radical (unpaired) electrons. The Hall–Kier alpha value is -0.120. The molecule has 0 aromatic carbocycles.